The fraction of sp³-hybridized carbons (Fsp3) is 0.700. The van der Waals surface area contributed by atoms with Gasteiger partial charge in [0.05, 0.1) is 6.54 Å². The van der Waals surface area contributed by atoms with Crippen molar-refractivity contribution < 1.29 is 4.52 Å². The van der Waals surface area contributed by atoms with E-state index < -0.39 is 0 Å². The Morgan fingerprint density at radius 2 is 2.27 bits per heavy atom. The van der Waals surface area contributed by atoms with E-state index in [0.29, 0.717) is 0 Å². The van der Waals surface area contributed by atoms with Gasteiger partial charge >= 0.3 is 0 Å². The van der Waals surface area contributed by atoms with Crippen LogP contribution in [0, 0.1) is 0 Å². The predicted molar refractivity (Wildman–Crippen MR) is 61.6 cm³/mol. The van der Waals surface area contributed by atoms with Crippen LogP contribution in [0.2, 0.25) is 0 Å². The van der Waals surface area contributed by atoms with Crippen molar-refractivity contribution in [2.24, 2.45) is 0 Å². The second-order valence-electron chi connectivity index (χ2n) is 4.05. The summed E-state index contributed by atoms with van der Waals surface area (Å²) in [5.41, 5.74) is 0. The molecule has 4 nitrogen and oxygen atoms in total. The Hall–Kier alpha value is -0.390. The number of nitrogens with zero attached hydrogens (tertiary/aromatic N) is 3. The monoisotopic (exact) mass is 273 g/mol. The van der Waals surface area contributed by atoms with Gasteiger partial charge in [-0.1, -0.05) is 5.16 Å². The summed E-state index contributed by atoms with van der Waals surface area (Å²) < 4.78 is 5.96. The van der Waals surface area contributed by atoms with Crippen LogP contribution in [0.5, 0.6) is 0 Å². The summed E-state index contributed by atoms with van der Waals surface area (Å²) >= 11 is 3.29. The summed E-state index contributed by atoms with van der Waals surface area (Å²) in [7, 11) is 2.18. The molecular weight excluding hydrogens is 258 g/mol. The zero-order chi connectivity index (χ0) is 10.7. The SMILES string of the molecule is CN1CCCN(Cc2cc(Br)no2)CC1. The highest BCUT2D eigenvalue weighted by atomic mass is 79.9. The van der Waals surface area contributed by atoms with E-state index in [0.717, 1.165) is 36.5 Å². The molecule has 2 heterocycles. The molecule has 1 aromatic rings. The van der Waals surface area contributed by atoms with Crippen molar-refractivity contribution >= 4 is 15.9 Å². The Morgan fingerprint density at radius 1 is 1.40 bits per heavy atom. The smallest absolute Gasteiger partial charge is 0.151 e. The molecule has 0 spiro atoms. The predicted octanol–water partition coefficient (Wildman–Crippen LogP) is 1.57. The van der Waals surface area contributed by atoms with Crippen LogP contribution in [0.15, 0.2) is 15.2 Å². The third-order valence-corrected chi connectivity index (χ3v) is 3.10. The van der Waals surface area contributed by atoms with Crippen LogP contribution >= 0.6 is 15.9 Å². The summed E-state index contributed by atoms with van der Waals surface area (Å²) in [5.74, 6) is 0.937. The van der Waals surface area contributed by atoms with Gasteiger partial charge in [-0.25, -0.2) is 0 Å². The van der Waals surface area contributed by atoms with Gasteiger partial charge in [0.1, 0.15) is 4.60 Å². The lowest BCUT2D eigenvalue weighted by molar-refractivity contribution is 0.235. The minimum Gasteiger partial charge on any atom is -0.359 e. The van der Waals surface area contributed by atoms with Gasteiger partial charge in [-0.15, -0.1) is 0 Å². The van der Waals surface area contributed by atoms with Crippen molar-refractivity contribution in [1.29, 1.82) is 0 Å². The van der Waals surface area contributed by atoms with Crippen LogP contribution in [0.3, 0.4) is 0 Å². The first-order valence-corrected chi connectivity index (χ1v) is 6.05. The molecule has 0 atom stereocenters. The van der Waals surface area contributed by atoms with Gasteiger partial charge in [0, 0.05) is 19.2 Å². The summed E-state index contributed by atoms with van der Waals surface area (Å²) in [6.45, 7) is 5.44. The number of rotatable bonds is 2. The fourth-order valence-electron chi connectivity index (χ4n) is 1.84. The van der Waals surface area contributed by atoms with Crippen molar-refractivity contribution in [2.45, 2.75) is 13.0 Å². The highest BCUT2D eigenvalue weighted by molar-refractivity contribution is 9.10. The highest BCUT2D eigenvalue weighted by Crippen LogP contribution is 2.13. The number of halogens is 1. The molecule has 0 N–H and O–H groups in total. The Morgan fingerprint density at radius 3 is 3.00 bits per heavy atom. The number of hydrogen-bond acceptors (Lipinski definition) is 4. The largest absolute Gasteiger partial charge is 0.359 e. The average Bonchev–Trinajstić information content (AvgIpc) is 2.48. The summed E-state index contributed by atoms with van der Waals surface area (Å²) in [6, 6.07) is 1.94. The fourth-order valence-corrected chi connectivity index (χ4v) is 2.17. The second-order valence-corrected chi connectivity index (χ2v) is 4.86. The van der Waals surface area contributed by atoms with Crippen LogP contribution < -0.4 is 0 Å². The summed E-state index contributed by atoms with van der Waals surface area (Å²) in [4.78, 5) is 4.78. The first kappa shape index (κ1) is 11.1. The standard InChI is InChI=1S/C10H16BrN3O/c1-13-3-2-4-14(6-5-13)8-9-7-10(11)12-15-9/h7H,2-6,8H2,1H3. The Kier molecular flexibility index (Phi) is 3.77. The minimum absolute atomic E-state index is 0.782. The molecule has 1 aliphatic heterocycles. The molecule has 0 bridgehead atoms. The van der Waals surface area contributed by atoms with E-state index in [1.807, 2.05) is 6.07 Å². The molecule has 0 amide bonds. The molecule has 1 aliphatic rings. The van der Waals surface area contributed by atoms with Crippen molar-refractivity contribution in [1.82, 2.24) is 15.0 Å². The van der Waals surface area contributed by atoms with Gasteiger partial charge in [-0.3, -0.25) is 4.90 Å². The van der Waals surface area contributed by atoms with Gasteiger partial charge < -0.3 is 9.42 Å². The molecule has 0 aliphatic carbocycles. The van der Waals surface area contributed by atoms with E-state index in [1.165, 1.54) is 13.0 Å². The van der Waals surface area contributed by atoms with Crippen LogP contribution in [0.1, 0.15) is 12.2 Å². The van der Waals surface area contributed by atoms with Gasteiger partial charge in [0.25, 0.3) is 0 Å². The quantitative estimate of drug-likeness (QED) is 0.819. The third kappa shape index (κ3) is 3.29. The summed E-state index contributed by atoms with van der Waals surface area (Å²) in [5, 5.41) is 3.83. The molecule has 0 unspecified atom stereocenters. The Bertz CT molecular complexity index is 315. The molecule has 1 aromatic heterocycles. The lowest BCUT2D eigenvalue weighted by Crippen LogP contribution is -2.28. The second kappa shape index (κ2) is 5.09. The van der Waals surface area contributed by atoms with Gasteiger partial charge in [-0.2, -0.15) is 0 Å². The van der Waals surface area contributed by atoms with Crippen LogP contribution in [0.4, 0.5) is 0 Å². The third-order valence-electron chi connectivity index (χ3n) is 2.72. The molecule has 0 saturated carbocycles. The first-order chi connectivity index (χ1) is 7.24. The van der Waals surface area contributed by atoms with Crippen molar-refractivity contribution in [2.75, 3.05) is 33.2 Å². The first-order valence-electron chi connectivity index (χ1n) is 5.26. The molecule has 84 valence electrons. The van der Waals surface area contributed by atoms with E-state index in [1.54, 1.807) is 0 Å². The maximum absolute atomic E-state index is 5.18. The van der Waals surface area contributed by atoms with E-state index in [2.05, 4.69) is 37.9 Å². The van der Waals surface area contributed by atoms with Gasteiger partial charge in [-0.05, 0) is 42.5 Å². The number of likely N-dealkylation sites (N-methyl/N-ethyl adjacent to an activating group) is 1. The molecular formula is C10H16BrN3O. The molecule has 1 saturated heterocycles. The van der Waals surface area contributed by atoms with Crippen molar-refractivity contribution in [3.63, 3.8) is 0 Å². The van der Waals surface area contributed by atoms with Crippen LogP contribution in [-0.2, 0) is 6.54 Å². The molecule has 5 heteroatoms. The molecule has 15 heavy (non-hydrogen) atoms. The van der Waals surface area contributed by atoms with Gasteiger partial charge in [0.2, 0.25) is 0 Å². The molecule has 0 radical (unpaired) electrons. The van der Waals surface area contributed by atoms with Gasteiger partial charge in [0.15, 0.2) is 5.76 Å². The lowest BCUT2D eigenvalue weighted by Gasteiger charge is -2.17. The molecule has 1 fully saturated rings. The minimum atomic E-state index is 0.782. The summed E-state index contributed by atoms with van der Waals surface area (Å²) in [6.07, 6.45) is 1.23. The Balaban J connectivity index is 1.88. The highest BCUT2D eigenvalue weighted by Gasteiger charge is 2.14. The average molecular weight is 274 g/mol. The van der Waals surface area contributed by atoms with E-state index in [-0.39, 0.29) is 0 Å². The number of hydrogen-bond donors (Lipinski definition) is 0. The van der Waals surface area contributed by atoms with Crippen molar-refractivity contribution in [3.05, 3.63) is 16.4 Å². The van der Waals surface area contributed by atoms with E-state index in [4.69, 9.17) is 4.52 Å². The lowest BCUT2D eigenvalue weighted by atomic mass is 10.3. The van der Waals surface area contributed by atoms with Crippen LogP contribution in [0.25, 0.3) is 0 Å². The molecule has 2 rings (SSSR count). The molecule has 0 aromatic carbocycles. The normalized spacial score (nSPS) is 20.4. The van der Waals surface area contributed by atoms with Crippen LogP contribution in [-0.4, -0.2) is 48.2 Å². The number of aromatic nitrogens is 1. The van der Waals surface area contributed by atoms with E-state index in [9.17, 15) is 0 Å². The van der Waals surface area contributed by atoms with E-state index >= 15 is 0 Å². The topological polar surface area (TPSA) is 32.5 Å². The van der Waals surface area contributed by atoms with Crippen molar-refractivity contribution in [3.8, 4) is 0 Å². The zero-order valence-electron chi connectivity index (χ0n) is 8.95. The maximum Gasteiger partial charge on any atom is 0.151 e. The Labute approximate surface area is 98.3 Å². The zero-order valence-corrected chi connectivity index (χ0v) is 10.5. The maximum atomic E-state index is 5.18.